The maximum Gasteiger partial charge on any atom is 0.243 e. The summed E-state index contributed by atoms with van der Waals surface area (Å²) in [6.45, 7) is 4.06. The highest BCUT2D eigenvalue weighted by molar-refractivity contribution is 7.89. The molecule has 0 N–H and O–H groups in total. The first-order chi connectivity index (χ1) is 13.7. The Morgan fingerprint density at radius 3 is 2.45 bits per heavy atom. The number of halogens is 1. The number of ether oxygens (including phenoxy) is 1. The lowest BCUT2D eigenvalue weighted by Crippen LogP contribution is -2.26. The Kier molecular flexibility index (Phi) is 5.99. The van der Waals surface area contributed by atoms with E-state index in [-0.39, 0.29) is 23.1 Å². The fraction of sp³-hybridized carbons (Fsp3) is 0.300. The fourth-order valence-electron chi connectivity index (χ4n) is 2.72. The number of hydrogen-bond acceptors (Lipinski definition) is 6. The molecule has 0 aliphatic heterocycles. The van der Waals surface area contributed by atoms with Crippen LogP contribution in [0.3, 0.4) is 0 Å². The summed E-state index contributed by atoms with van der Waals surface area (Å²) in [4.78, 5) is 4.08. The van der Waals surface area contributed by atoms with Crippen LogP contribution in [0.25, 0.3) is 11.4 Å². The SMILES string of the molecule is COc1ccc(S(=O)(=O)N(C)Cc2nc(-c3ccc(C(C)C)cc3)no2)cc1F. The van der Waals surface area contributed by atoms with Crippen molar-refractivity contribution in [1.29, 1.82) is 0 Å². The second kappa shape index (κ2) is 8.30. The number of methoxy groups -OCH3 is 1. The predicted octanol–water partition coefficient (Wildman–Crippen LogP) is 3.83. The van der Waals surface area contributed by atoms with Gasteiger partial charge in [0.05, 0.1) is 18.6 Å². The molecule has 0 aliphatic carbocycles. The molecular formula is C20H22FN3O4S. The molecule has 1 heterocycles. The minimum absolute atomic E-state index is 0.0309. The van der Waals surface area contributed by atoms with Gasteiger partial charge in [0.1, 0.15) is 0 Å². The number of hydrogen-bond donors (Lipinski definition) is 0. The lowest BCUT2D eigenvalue weighted by atomic mass is 10.0. The summed E-state index contributed by atoms with van der Waals surface area (Å²) in [5.41, 5.74) is 1.96. The minimum atomic E-state index is -3.95. The predicted molar refractivity (Wildman–Crippen MR) is 105 cm³/mol. The molecule has 154 valence electrons. The van der Waals surface area contributed by atoms with Crippen molar-refractivity contribution in [3.63, 3.8) is 0 Å². The largest absolute Gasteiger partial charge is 0.494 e. The molecule has 29 heavy (non-hydrogen) atoms. The minimum Gasteiger partial charge on any atom is -0.494 e. The van der Waals surface area contributed by atoms with E-state index in [1.807, 2.05) is 24.3 Å². The molecule has 3 aromatic rings. The van der Waals surface area contributed by atoms with Crippen LogP contribution >= 0.6 is 0 Å². The third kappa shape index (κ3) is 4.46. The van der Waals surface area contributed by atoms with Crippen molar-refractivity contribution in [2.75, 3.05) is 14.2 Å². The number of sulfonamides is 1. The summed E-state index contributed by atoms with van der Waals surface area (Å²) in [6.07, 6.45) is 0. The number of rotatable bonds is 7. The zero-order valence-electron chi connectivity index (χ0n) is 16.6. The number of aromatic nitrogens is 2. The maximum atomic E-state index is 13.9. The van der Waals surface area contributed by atoms with Crippen LogP contribution in [0.1, 0.15) is 31.2 Å². The molecule has 0 unspecified atom stereocenters. The van der Waals surface area contributed by atoms with Gasteiger partial charge in [-0.1, -0.05) is 43.3 Å². The summed E-state index contributed by atoms with van der Waals surface area (Å²) in [5.74, 6) is 0.125. The van der Waals surface area contributed by atoms with E-state index in [0.717, 1.165) is 15.9 Å². The van der Waals surface area contributed by atoms with E-state index < -0.39 is 15.8 Å². The Bertz CT molecular complexity index is 1100. The summed E-state index contributed by atoms with van der Waals surface area (Å²) < 4.78 is 50.3. The van der Waals surface area contributed by atoms with Crippen LogP contribution in [0.4, 0.5) is 4.39 Å². The van der Waals surface area contributed by atoms with E-state index in [4.69, 9.17) is 9.26 Å². The molecule has 0 saturated carbocycles. The van der Waals surface area contributed by atoms with Crippen molar-refractivity contribution in [3.8, 4) is 17.1 Å². The van der Waals surface area contributed by atoms with Gasteiger partial charge >= 0.3 is 0 Å². The van der Waals surface area contributed by atoms with E-state index in [2.05, 4.69) is 24.0 Å². The molecule has 7 nitrogen and oxygen atoms in total. The van der Waals surface area contributed by atoms with Crippen molar-refractivity contribution < 1.29 is 22.1 Å². The zero-order chi connectivity index (χ0) is 21.2. The normalized spacial score (nSPS) is 12.0. The van der Waals surface area contributed by atoms with Crippen LogP contribution in [0, 0.1) is 5.82 Å². The molecule has 0 atom stereocenters. The van der Waals surface area contributed by atoms with Crippen LogP contribution in [0.2, 0.25) is 0 Å². The average Bonchev–Trinajstić information content (AvgIpc) is 3.16. The molecular weight excluding hydrogens is 397 g/mol. The zero-order valence-corrected chi connectivity index (χ0v) is 17.4. The molecule has 2 aromatic carbocycles. The lowest BCUT2D eigenvalue weighted by Gasteiger charge is -2.15. The van der Waals surface area contributed by atoms with Crippen LogP contribution in [0.15, 0.2) is 51.9 Å². The maximum absolute atomic E-state index is 13.9. The first-order valence-electron chi connectivity index (χ1n) is 8.95. The van der Waals surface area contributed by atoms with Crippen molar-refractivity contribution >= 4 is 10.0 Å². The smallest absolute Gasteiger partial charge is 0.243 e. The Morgan fingerprint density at radius 1 is 1.17 bits per heavy atom. The monoisotopic (exact) mass is 419 g/mol. The van der Waals surface area contributed by atoms with Crippen molar-refractivity contribution in [2.45, 2.75) is 31.2 Å². The number of nitrogens with zero attached hydrogens (tertiary/aromatic N) is 3. The first-order valence-corrected chi connectivity index (χ1v) is 10.4. The Morgan fingerprint density at radius 2 is 1.86 bits per heavy atom. The van der Waals surface area contributed by atoms with Crippen LogP contribution in [-0.4, -0.2) is 37.0 Å². The summed E-state index contributed by atoms with van der Waals surface area (Å²) in [6, 6.07) is 11.2. The van der Waals surface area contributed by atoms with Gasteiger partial charge in [0.2, 0.25) is 21.7 Å². The summed E-state index contributed by atoms with van der Waals surface area (Å²) in [7, 11) is -1.28. The second-order valence-corrected chi connectivity index (χ2v) is 8.89. The molecule has 0 spiro atoms. The topological polar surface area (TPSA) is 85.5 Å². The molecule has 0 bridgehead atoms. The van der Waals surface area contributed by atoms with Crippen LogP contribution in [-0.2, 0) is 16.6 Å². The first kappa shape index (κ1) is 20.9. The molecule has 0 radical (unpaired) electrons. The van der Waals surface area contributed by atoms with Crippen LogP contribution in [0.5, 0.6) is 5.75 Å². The van der Waals surface area contributed by atoms with Gasteiger partial charge in [-0.15, -0.1) is 0 Å². The van der Waals surface area contributed by atoms with E-state index in [1.165, 1.54) is 31.9 Å². The highest BCUT2D eigenvalue weighted by Gasteiger charge is 2.24. The Hall–Kier alpha value is -2.78. The molecule has 3 rings (SSSR count). The summed E-state index contributed by atoms with van der Waals surface area (Å²) in [5, 5.41) is 3.92. The van der Waals surface area contributed by atoms with Crippen molar-refractivity contribution in [3.05, 3.63) is 59.7 Å². The highest BCUT2D eigenvalue weighted by atomic mass is 32.2. The lowest BCUT2D eigenvalue weighted by molar-refractivity contribution is 0.336. The van der Waals surface area contributed by atoms with Gasteiger partial charge in [-0.25, -0.2) is 12.8 Å². The molecule has 1 aromatic heterocycles. The van der Waals surface area contributed by atoms with Gasteiger partial charge in [-0.05, 0) is 29.7 Å². The number of benzene rings is 2. The van der Waals surface area contributed by atoms with Gasteiger partial charge < -0.3 is 9.26 Å². The van der Waals surface area contributed by atoms with Gasteiger partial charge in [0, 0.05) is 12.6 Å². The average molecular weight is 419 g/mol. The van der Waals surface area contributed by atoms with Gasteiger partial charge in [0.15, 0.2) is 11.6 Å². The molecule has 0 aliphatic rings. The molecule has 9 heteroatoms. The third-order valence-electron chi connectivity index (χ3n) is 4.49. The molecule has 0 saturated heterocycles. The molecule has 0 fully saturated rings. The molecule has 0 amide bonds. The van der Waals surface area contributed by atoms with E-state index in [1.54, 1.807) is 0 Å². The van der Waals surface area contributed by atoms with Gasteiger partial charge in [-0.2, -0.15) is 9.29 Å². The Labute approximate surface area is 169 Å². The second-order valence-electron chi connectivity index (χ2n) is 6.85. The van der Waals surface area contributed by atoms with Crippen LogP contribution < -0.4 is 4.74 Å². The standard InChI is InChI=1S/C20H22FN3O4S/c1-13(2)14-5-7-15(8-6-14)20-22-19(28-23-20)12-24(3)29(25,26)16-9-10-18(27-4)17(21)11-16/h5-11,13H,12H2,1-4H3. The van der Waals surface area contributed by atoms with E-state index >= 15 is 0 Å². The summed E-state index contributed by atoms with van der Waals surface area (Å²) >= 11 is 0. The Balaban J connectivity index is 1.77. The third-order valence-corrected chi connectivity index (χ3v) is 6.29. The van der Waals surface area contributed by atoms with Gasteiger partial charge in [0.25, 0.3) is 0 Å². The van der Waals surface area contributed by atoms with Gasteiger partial charge in [-0.3, -0.25) is 0 Å². The fourth-order valence-corrected chi connectivity index (χ4v) is 3.85. The van der Waals surface area contributed by atoms with Crippen molar-refractivity contribution in [2.24, 2.45) is 0 Å². The highest BCUT2D eigenvalue weighted by Crippen LogP contribution is 2.24. The quantitative estimate of drug-likeness (QED) is 0.579. The van der Waals surface area contributed by atoms with E-state index in [9.17, 15) is 12.8 Å². The van der Waals surface area contributed by atoms with Crippen molar-refractivity contribution in [1.82, 2.24) is 14.4 Å². The van der Waals surface area contributed by atoms with E-state index in [0.29, 0.717) is 11.7 Å².